The second kappa shape index (κ2) is 4.67. The minimum atomic E-state index is -3.87. The van der Waals surface area contributed by atoms with Gasteiger partial charge in [-0.15, -0.1) is 0 Å². The van der Waals surface area contributed by atoms with Gasteiger partial charge in [0.05, 0.1) is 6.10 Å². The minimum Gasteiger partial charge on any atom is -0.387 e. The molecule has 1 atom stereocenters. The van der Waals surface area contributed by atoms with Gasteiger partial charge in [-0.25, -0.2) is 9.53 Å². The molecule has 0 fully saturated rings. The first-order valence-electron chi connectivity index (χ1n) is 4.10. The second-order valence-electron chi connectivity index (χ2n) is 2.93. The predicted octanol–water partition coefficient (Wildman–Crippen LogP) is -0.348. The zero-order chi connectivity index (χ0) is 11.5. The molecular formula is C8H11FN2O3S. The number of hydrogen-bond acceptors (Lipinski definition) is 3. The van der Waals surface area contributed by atoms with Crippen molar-refractivity contribution >= 4 is 10.2 Å². The molecule has 0 saturated carbocycles. The summed E-state index contributed by atoms with van der Waals surface area (Å²) in [5.74, 6) is -0.596. The van der Waals surface area contributed by atoms with Crippen molar-refractivity contribution in [2.75, 3.05) is 6.54 Å². The van der Waals surface area contributed by atoms with Crippen molar-refractivity contribution in [1.29, 1.82) is 0 Å². The summed E-state index contributed by atoms with van der Waals surface area (Å²) in [5, 5.41) is 14.1. The van der Waals surface area contributed by atoms with Gasteiger partial charge in [-0.3, -0.25) is 0 Å². The average molecular weight is 234 g/mol. The minimum absolute atomic E-state index is 0.0219. The monoisotopic (exact) mass is 234 g/mol. The quantitative estimate of drug-likeness (QED) is 0.665. The maximum absolute atomic E-state index is 13.1. The fraction of sp³-hybridized carbons (Fsp3) is 0.250. The van der Waals surface area contributed by atoms with Crippen LogP contribution >= 0.6 is 0 Å². The van der Waals surface area contributed by atoms with Crippen LogP contribution in [-0.4, -0.2) is 20.1 Å². The molecule has 7 heteroatoms. The lowest BCUT2D eigenvalue weighted by Gasteiger charge is -2.11. The molecule has 1 aromatic carbocycles. The number of nitrogens with two attached hydrogens (primary N) is 1. The highest BCUT2D eigenvalue weighted by molar-refractivity contribution is 7.87. The van der Waals surface area contributed by atoms with Crippen LogP contribution in [0.25, 0.3) is 0 Å². The summed E-state index contributed by atoms with van der Waals surface area (Å²) in [6.45, 7) is -0.361. The Hall–Kier alpha value is -1.02. The van der Waals surface area contributed by atoms with Crippen LogP contribution in [0.1, 0.15) is 11.7 Å². The SMILES string of the molecule is NS(=O)(=O)NC[C@@H](O)c1ccccc1F. The van der Waals surface area contributed by atoms with Crippen LogP contribution in [0.2, 0.25) is 0 Å². The lowest BCUT2D eigenvalue weighted by Crippen LogP contribution is -2.34. The highest BCUT2D eigenvalue weighted by Crippen LogP contribution is 2.15. The number of halogens is 1. The molecule has 0 aliphatic carbocycles. The molecule has 0 bridgehead atoms. The van der Waals surface area contributed by atoms with Crippen molar-refractivity contribution in [3.05, 3.63) is 35.6 Å². The van der Waals surface area contributed by atoms with Gasteiger partial charge in [-0.1, -0.05) is 18.2 Å². The van der Waals surface area contributed by atoms with Gasteiger partial charge in [0.1, 0.15) is 5.82 Å². The molecule has 1 rings (SSSR count). The van der Waals surface area contributed by atoms with Gasteiger partial charge in [0, 0.05) is 12.1 Å². The van der Waals surface area contributed by atoms with E-state index >= 15 is 0 Å². The molecule has 84 valence electrons. The van der Waals surface area contributed by atoms with E-state index in [0.717, 1.165) is 0 Å². The third kappa shape index (κ3) is 3.92. The van der Waals surface area contributed by atoms with Gasteiger partial charge in [0.2, 0.25) is 0 Å². The summed E-state index contributed by atoms with van der Waals surface area (Å²) in [6, 6.07) is 5.55. The van der Waals surface area contributed by atoms with Crippen molar-refractivity contribution in [3.8, 4) is 0 Å². The summed E-state index contributed by atoms with van der Waals surface area (Å²) in [5.41, 5.74) is 0.0219. The maximum atomic E-state index is 13.1. The average Bonchev–Trinajstić information content (AvgIpc) is 2.14. The van der Waals surface area contributed by atoms with E-state index in [1.807, 2.05) is 4.72 Å². The molecule has 0 aromatic heterocycles. The largest absolute Gasteiger partial charge is 0.387 e. The van der Waals surface area contributed by atoms with Crippen LogP contribution in [-0.2, 0) is 10.2 Å². The Balaban J connectivity index is 2.70. The number of rotatable bonds is 4. The summed E-state index contributed by atoms with van der Waals surface area (Å²) >= 11 is 0. The molecular weight excluding hydrogens is 223 g/mol. The van der Waals surface area contributed by atoms with Crippen molar-refractivity contribution in [2.24, 2.45) is 5.14 Å². The summed E-state index contributed by atoms with van der Waals surface area (Å²) < 4.78 is 36.0. The molecule has 0 unspecified atom stereocenters. The van der Waals surface area contributed by atoms with E-state index in [4.69, 9.17) is 0 Å². The summed E-state index contributed by atoms with van der Waals surface area (Å²) in [4.78, 5) is 0. The van der Waals surface area contributed by atoms with Gasteiger partial charge in [0.15, 0.2) is 0 Å². The molecule has 0 saturated heterocycles. The highest BCUT2D eigenvalue weighted by atomic mass is 32.2. The molecule has 0 radical (unpaired) electrons. The number of aliphatic hydroxyl groups is 1. The van der Waals surface area contributed by atoms with Crippen LogP contribution in [0.4, 0.5) is 4.39 Å². The van der Waals surface area contributed by atoms with Crippen LogP contribution in [0.5, 0.6) is 0 Å². The summed E-state index contributed by atoms with van der Waals surface area (Å²) in [6.07, 6.45) is -1.26. The third-order valence-electron chi connectivity index (χ3n) is 1.74. The molecule has 1 aromatic rings. The van der Waals surface area contributed by atoms with Crippen LogP contribution in [0.15, 0.2) is 24.3 Å². The van der Waals surface area contributed by atoms with Crippen molar-refractivity contribution < 1.29 is 17.9 Å². The molecule has 0 aliphatic rings. The summed E-state index contributed by atoms with van der Waals surface area (Å²) in [7, 11) is -3.87. The molecule has 15 heavy (non-hydrogen) atoms. The van der Waals surface area contributed by atoms with E-state index in [0.29, 0.717) is 0 Å². The van der Waals surface area contributed by atoms with E-state index in [2.05, 4.69) is 5.14 Å². The van der Waals surface area contributed by atoms with Crippen LogP contribution < -0.4 is 9.86 Å². The lowest BCUT2D eigenvalue weighted by atomic mass is 10.1. The van der Waals surface area contributed by atoms with E-state index < -0.39 is 22.1 Å². The van der Waals surface area contributed by atoms with Gasteiger partial charge in [-0.05, 0) is 6.07 Å². The molecule has 5 nitrogen and oxygen atoms in total. The highest BCUT2D eigenvalue weighted by Gasteiger charge is 2.13. The Labute approximate surface area is 86.9 Å². The number of aliphatic hydroxyl groups excluding tert-OH is 1. The van der Waals surface area contributed by atoms with Crippen molar-refractivity contribution in [1.82, 2.24) is 4.72 Å². The zero-order valence-corrected chi connectivity index (χ0v) is 8.54. The Bertz CT molecular complexity index is 435. The number of nitrogens with one attached hydrogen (secondary N) is 1. The Morgan fingerprint density at radius 2 is 2.07 bits per heavy atom. The fourth-order valence-corrected chi connectivity index (χ4v) is 1.44. The molecule has 0 spiro atoms. The molecule has 0 aliphatic heterocycles. The maximum Gasteiger partial charge on any atom is 0.274 e. The standard InChI is InChI=1S/C8H11FN2O3S/c9-7-4-2-1-3-6(7)8(12)5-11-15(10,13)14/h1-4,8,11-12H,5H2,(H2,10,13,14)/t8-/m1/s1. The van der Waals surface area contributed by atoms with E-state index in [-0.39, 0.29) is 12.1 Å². The Morgan fingerprint density at radius 1 is 1.47 bits per heavy atom. The smallest absolute Gasteiger partial charge is 0.274 e. The van der Waals surface area contributed by atoms with E-state index in [1.54, 1.807) is 6.07 Å². The van der Waals surface area contributed by atoms with E-state index in [9.17, 15) is 17.9 Å². The second-order valence-corrected chi connectivity index (χ2v) is 4.31. The first-order valence-corrected chi connectivity index (χ1v) is 5.64. The molecule has 4 N–H and O–H groups in total. The Kier molecular flexibility index (Phi) is 3.75. The normalized spacial score (nSPS) is 13.8. The van der Waals surface area contributed by atoms with Crippen LogP contribution in [0.3, 0.4) is 0 Å². The Morgan fingerprint density at radius 3 is 2.60 bits per heavy atom. The molecule has 0 amide bonds. The fourth-order valence-electron chi connectivity index (χ4n) is 1.05. The third-order valence-corrected chi connectivity index (χ3v) is 2.31. The molecule has 0 heterocycles. The van der Waals surface area contributed by atoms with Crippen LogP contribution in [0, 0.1) is 5.82 Å². The predicted molar refractivity (Wildman–Crippen MR) is 52.5 cm³/mol. The first kappa shape index (κ1) is 12.1. The van der Waals surface area contributed by atoms with Gasteiger partial charge in [-0.2, -0.15) is 13.1 Å². The number of benzene rings is 1. The van der Waals surface area contributed by atoms with Crippen molar-refractivity contribution in [3.63, 3.8) is 0 Å². The topological polar surface area (TPSA) is 92.4 Å². The van der Waals surface area contributed by atoms with Gasteiger partial charge in [0.25, 0.3) is 10.2 Å². The number of hydrogen-bond donors (Lipinski definition) is 3. The lowest BCUT2D eigenvalue weighted by molar-refractivity contribution is 0.177. The van der Waals surface area contributed by atoms with Crippen molar-refractivity contribution in [2.45, 2.75) is 6.10 Å². The van der Waals surface area contributed by atoms with E-state index in [1.165, 1.54) is 18.2 Å². The van der Waals surface area contributed by atoms with Gasteiger partial charge < -0.3 is 5.11 Å². The zero-order valence-electron chi connectivity index (χ0n) is 7.72. The van der Waals surface area contributed by atoms with Gasteiger partial charge >= 0.3 is 0 Å². The first-order chi connectivity index (χ1) is 6.90.